The van der Waals surface area contributed by atoms with Crippen molar-refractivity contribution in [3.63, 3.8) is 0 Å². The molecule has 3 aromatic carbocycles. The first-order valence-corrected chi connectivity index (χ1v) is 15.4. The van der Waals surface area contributed by atoms with Crippen molar-refractivity contribution in [1.82, 2.24) is 10.2 Å². The first-order valence-electron chi connectivity index (χ1n) is 12.8. The molecule has 9 heteroatoms. The number of benzene rings is 3. The fraction of sp³-hybridized carbons (Fsp3) is 0.333. The van der Waals surface area contributed by atoms with Gasteiger partial charge in [-0.15, -0.1) is 0 Å². The summed E-state index contributed by atoms with van der Waals surface area (Å²) < 4.78 is 27.8. The third-order valence-corrected chi connectivity index (χ3v) is 7.81. The molecule has 0 saturated heterocycles. The largest absolute Gasteiger partial charge is 0.352 e. The first-order chi connectivity index (χ1) is 18.3. The predicted octanol–water partition coefficient (Wildman–Crippen LogP) is 5.00. The number of anilines is 1. The van der Waals surface area contributed by atoms with Crippen LogP contribution in [0.25, 0.3) is 0 Å². The highest BCUT2D eigenvalue weighted by molar-refractivity contribution is 9.10. The van der Waals surface area contributed by atoms with E-state index >= 15 is 0 Å². The number of hydrogen-bond acceptors (Lipinski definition) is 4. The molecule has 208 valence electrons. The molecule has 2 amide bonds. The fourth-order valence-electron chi connectivity index (χ4n) is 4.43. The molecular weight excluding hydrogens is 578 g/mol. The molecule has 0 aliphatic carbocycles. The smallest absolute Gasteiger partial charge is 0.244 e. The Balaban J connectivity index is 2.06. The minimum absolute atomic E-state index is 0.136. The summed E-state index contributed by atoms with van der Waals surface area (Å²) in [7, 11) is -3.80. The maximum absolute atomic E-state index is 14.1. The van der Waals surface area contributed by atoms with Crippen molar-refractivity contribution in [2.45, 2.75) is 52.7 Å². The van der Waals surface area contributed by atoms with Gasteiger partial charge in [0.15, 0.2) is 0 Å². The van der Waals surface area contributed by atoms with E-state index in [9.17, 15) is 18.0 Å². The van der Waals surface area contributed by atoms with E-state index in [4.69, 9.17) is 0 Å². The Labute approximate surface area is 240 Å². The molecule has 0 bridgehead atoms. The molecule has 0 heterocycles. The van der Waals surface area contributed by atoms with Gasteiger partial charge in [0.2, 0.25) is 21.8 Å². The number of nitrogens with one attached hydrogen (secondary N) is 1. The van der Waals surface area contributed by atoms with Crippen molar-refractivity contribution in [1.29, 1.82) is 0 Å². The Hall–Kier alpha value is -3.17. The van der Waals surface area contributed by atoms with Crippen LogP contribution in [0.1, 0.15) is 36.1 Å². The van der Waals surface area contributed by atoms with Crippen LogP contribution >= 0.6 is 15.9 Å². The van der Waals surface area contributed by atoms with Gasteiger partial charge in [-0.2, -0.15) is 0 Å². The molecule has 1 atom stereocenters. The van der Waals surface area contributed by atoms with Gasteiger partial charge in [0.1, 0.15) is 12.6 Å². The van der Waals surface area contributed by atoms with Crippen molar-refractivity contribution in [3.8, 4) is 0 Å². The van der Waals surface area contributed by atoms with E-state index in [1.165, 1.54) is 4.90 Å². The summed E-state index contributed by atoms with van der Waals surface area (Å²) in [6.45, 7) is 7.20. The molecule has 1 unspecified atom stereocenters. The molecule has 0 radical (unpaired) electrons. The van der Waals surface area contributed by atoms with Crippen LogP contribution in [0, 0.1) is 13.8 Å². The Kier molecular flexibility index (Phi) is 10.3. The summed E-state index contributed by atoms with van der Waals surface area (Å²) in [6.07, 6.45) is 1.37. The number of carbonyl (C=O) groups is 2. The standard InChI is InChI=1S/C30H36BrN3O4S/c1-21(2)32-30(36)28(18-24-9-7-6-8-10-24)33(19-25-11-13-26(31)14-12-25)29(35)20-34(39(5,37)38)27-16-22(3)15-23(4)17-27/h6-17,21,28H,18-20H2,1-5H3,(H,32,36). The van der Waals surface area contributed by atoms with Gasteiger partial charge in [-0.05, 0) is 74.2 Å². The summed E-state index contributed by atoms with van der Waals surface area (Å²) in [5.74, 6) is -0.765. The van der Waals surface area contributed by atoms with E-state index in [0.717, 1.165) is 37.3 Å². The monoisotopic (exact) mass is 613 g/mol. The number of sulfonamides is 1. The van der Waals surface area contributed by atoms with Gasteiger partial charge in [0, 0.05) is 23.5 Å². The molecule has 7 nitrogen and oxygen atoms in total. The summed E-state index contributed by atoms with van der Waals surface area (Å²) in [5.41, 5.74) is 3.90. The van der Waals surface area contributed by atoms with E-state index in [1.54, 1.807) is 12.1 Å². The lowest BCUT2D eigenvalue weighted by atomic mass is 10.0. The number of hydrogen-bond donors (Lipinski definition) is 1. The summed E-state index contributed by atoms with van der Waals surface area (Å²) >= 11 is 3.44. The van der Waals surface area contributed by atoms with Crippen molar-refractivity contribution >= 4 is 43.5 Å². The molecule has 0 saturated carbocycles. The third kappa shape index (κ3) is 8.93. The van der Waals surface area contributed by atoms with Crippen LogP contribution in [0.4, 0.5) is 5.69 Å². The van der Waals surface area contributed by atoms with Crippen molar-refractivity contribution in [2.75, 3.05) is 17.1 Å². The van der Waals surface area contributed by atoms with Crippen LogP contribution in [0.3, 0.4) is 0 Å². The highest BCUT2D eigenvalue weighted by Gasteiger charge is 2.33. The van der Waals surface area contributed by atoms with Gasteiger partial charge < -0.3 is 10.2 Å². The number of rotatable bonds is 11. The van der Waals surface area contributed by atoms with Crippen LogP contribution in [0.5, 0.6) is 0 Å². The minimum atomic E-state index is -3.80. The lowest BCUT2D eigenvalue weighted by molar-refractivity contribution is -0.140. The highest BCUT2D eigenvalue weighted by Crippen LogP contribution is 2.23. The number of carbonyl (C=O) groups excluding carboxylic acids is 2. The average Bonchev–Trinajstić information content (AvgIpc) is 2.84. The van der Waals surface area contributed by atoms with E-state index in [-0.39, 0.29) is 24.9 Å². The average molecular weight is 615 g/mol. The zero-order chi connectivity index (χ0) is 28.7. The molecule has 0 aromatic heterocycles. The Bertz CT molecular complexity index is 1370. The lowest BCUT2D eigenvalue weighted by Crippen LogP contribution is -2.54. The van der Waals surface area contributed by atoms with Gasteiger partial charge in [-0.1, -0.05) is 64.5 Å². The highest BCUT2D eigenvalue weighted by atomic mass is 79.9. The van der Waals surface area contributed by atoms with E-state index < -0.39 is 28.5 Å². The Morgan fingerprint density at radius 2 is 1.49 bits per heavy atom. The first kappa shape index (κ1) is 30.4. The van der Waals surface area contributed by atoms with E-state index in [2.05, 4.69) is 21.2 Å². The Morgan fingerprint density at radius 1 is 0.897 bits per heavy atom. The second-order valence-corrected chi connectivity index (χ2v) is 13.0. The molecular formula is C30H36BrN3O4S. The molecule has 1 N–H and O–H groups in total. The quantitative estimate of drug-likeness (QED) is 0.330. The molecule has 39 heavy (non-hydrogen) atoms. The number of halogens is 1. The minimum Gasteiger partial charge on any atom is -0.352 e. The Morgan fingerprint density at radius 3 is 2.03 bits per heavy atom. The second kappa shape index (κ2) is 13.3. The van der Waals surface area contributed by atoms with E-state index in [0.29, 0.717) is 5.69 Å². The maximum Gasteiger partial charge on any atom is 0.244 e. The van der Waals surface area contributed by atoms with Crippen LogP contribution in [-0.4, -0.2) is 50.0 Å². The maximum atomic E-state index is 14.1. The number of aryl methyl sites for hydroxylation is 2. The summed E-state index contributed by atoms with van der Waals surface area (Å²) in [4.78, 5) is 29.1. The fourth-order valence-corrected chi connectivity index (χ4v) is 5.53. The van der Waals surface area contributed by atoms with Crippen molar-refractivity contribution in [2.24, 2.45) is 0 Å². The summed E-state index contributed by atoms with van der Waals surface area (Å²) in [5, 5.41) is 2.95. The SMILES string of the molecule is Cc1cc(C)cc(N(CC(=O)N(Cc2ccc(Br)cc2)C(Cc2ccccc2)C(=O)NC(C)C)S(C)(=O)=O)c1. The van der Waals surface area contributed by atoms with E-state index in [1.807, 2.05) is 88.4 Å². The van der Waals surface area contributed by atoms with Gasteiger partial charge in [-0.25, -0.2) is 8.42 Å². The van der Waals surface area contributed by atoms with Crippen LogP contribution in [-0.2, 0) is 32.6 Å². The third-order valence-electron chi connectivity index (χ3n) is 6.14. The van der Waals surface area contributed by atoms with Crippen LogP contribution in [0.15, 0.2) is 77.3 Å². The number of amides is 2. The predicted molar refractivity (Wildman–Crippen MR) is 160 cm³/mol. The number of nitrogens with zero attached hydrogens (tertiary/aromatic N) is 2. The lowest BCUT2D eigenvalue weighted by Gasteiger charge is -2.34. The van der Waals surface area contributed by atoms with Crippen LogP contribution in [0.2, 0.25) is 0 Å². The zero-order valence-corrected chi connectivity index (χ0v) is 25.4. The molecule has 3 rings (SSSR count). The molecule has 0 spiro atoms. The van der Waals surface area contributed by atoms with Crippen LogP contribution < -0.4 is 9.62 Å². The molecule has 0 aliphatic rings. The van der Waals surface area contributed by atoms with Gasteiger partial charge in [-0.3, -0.25) is 13.9 Å². The normalized spacial score (nSPS) is 12.2. The second-order valence-electron chi connectivity index (χ2n) is 10.1. The van der Waals surface area contributed by atoms with Gasteiger partial charge in [0.25, 0.3) is 0 Å². The molecule has 0 aliphatic heterocycles. The van der Waals surface area contributed by atoms with Gasteiger partial charge in [0.05, 0.1) is 11.9 Å². The zero-order valence-electron chi connectivity index (χ0n) is 23.0. The molecule has 3 aromatic rings. The van der Waals surface area contributed by atoms with Crippen molar-refractivity contribution < 1.29 is 18.0 Å². The topological polar surface area (TPSA) is 86.8 Å². The summed E-state index contributed by atoms with van der Waals surface area (Å²) in [6, 6.07) is 21.4. The molecule has 0 fully saturated rings. The van der Waals surface area contributed by atoms with Crippen molar-refractivity contribution in [3.05, 3.63) is 99.5 Å². The van der Waals surface area contributed by atoms with Gasteiger partial charge >= 0.3 is 0 Å².